The van der Waals surface area contributed by atoms with E-state index in [2.05, 4.69) is 5.32 Å². The molecule has 2 N–H and O–H groups in total. The average molecular weight is 246 g/mol. The first kappa shape index (κ1) is 12.8. The van der Waals surface area contributed by atoms with E-state index in [4.69, 9.17) is 16.7 Å². The van der Waals surface area contributed by atoms with E-state index in [9.17, 15) is 9.18 Å². The zero-order chi connectivity index (χ0) is 12.3. The fourth-order valence-corrected chi connectivity index (χ4v) is 1.42. The highest BCUT2D eigenvalue weighted by Crippen LogP contribution is 2.25. The van der Waals surface area contributed by atoms with Crippen LogP contribution in [0.4, 0.5) is 10.1 Å². The number of aryl methyl sites for hydroxylation is 1. The van der Waals surface area contributed by atoms with E-state index in [1.807, 2.05) is 0 Å². The lowest BCUT2D eigenvalue weighted by molar-refractivity contribution is -0.140. The maximum absolute atomic E-state index is 13.2. The zero-order valence-corrected chi connectivity index (χ0v) is 9.81. The maximum atomic E-state index is 13.2. The minimum atomic E-state index is -0.906. The van der Waals surface area contributed by atoms with Gasteiger partial charge in [-0.15, -0.1) is 0 Å². The first-order valence-corrected chi connectivity index (χ1v) is 5.22. The highest BCUT2D eigenvalue weighted by atomic mass is 35.5. The van der Waals surface area contributed by atoms with E-state index in [0.717, 1.165) is 0 Å². The van der Waals surface area contributed by atoms with E-state index in [1.165, 1.54) is 12.1 Å². The van der Waals surface area contributed by atoms with Gasteiger partial charge < -0.3 is 10.4 Å². The highest BCUT2D eigenvalue weighted by molar-refractivity contribution is 6.33. The van der Waals surface area contributed by atoms with Crippen molar-refractivity contribution < 1.29 is 14.3 Å². The smallest absolute Gasteiger partial charge is 0.308 e. The summed E-state index contributed by atoms with van der Waals surface area (Å²) in [5.41, 5.74) is 0.875. The van der Waals surface area contributed by atoms with E-state index < -0.39 is 11.9 Å². The summed E-state index contributed by atoms with van der Waals surface area (Å²) in [6.07, 6.45) is 0. The van der Waals surface area contributed by atoms with Crippen molar-refractivity contribution >= 4 is 23.3 Å². The van der Waals surface area contributed by atoms with Gasteiger partial charge in [0.1, 0.15) is 5.82 Å². The van der Waals surface area contributed by atoms with Crippen molar-refractivity contribution in [1.82, 2.24) is 0 Å². The molecule has 0 aliphatic rings. The van der Waals surface area contributed by atoms with Crippen LogP contribution in [0.25, 0.3) is 0 Å². The molecule has 0 radical (unpaired) electrons. The summed E-state index contributed by atoms with van der Waals surface area (Å²) in [7, 11) is 0. The molecular formula is C11H13ClFNO2. The van der Waals surface area contributed by atoms with Gasteiger partial charge in [0.15, 0.2) is 0 Å². The summed E-state index contributed by atoms with van der Waals surface area (Å²) < 4.78 is 13.2. The molecule has 0 aliphatic carbocycles. The third kappa shape index (κ3) is 3.10. The van der Waals surface area contributed by atoms with Crippen LogP contribution in [-0.2, 0) is 4.79 Å². The third-order valence-electron chi connectivity index (χ3n) is 2.27. The van der Waals surface area contributed by atoms with E-state index in [0.29, 0.717) is 16.3 Å². The SMILES string of the molecule is Cc1cc(Cl)c(NCC(C)C(=O)O)cc1F. The van der Waals surface area contributed by atoms with Crippen molar-refractivity contribution in [2.75, 3.05) is 11.9 Å². The Morgan fingerprint density at radius 1 is 1.62 bits per heavy atom. The van der Waals surface area contributed by atoms with Gasteiger partial charge >= 0.3 is 5.97 Å². The molecule has 0 aromatic heterocycles. The fraction of sp³-hybridized carbons (Fsp3) is 0.364. The Kier molecular flexibility index (Phi) is 4.12. The van der Waals surface area contributed by atoms with Crippen LogP contribution in [0.15, 0.2) is 12.1 Å². The summed E-state index contributed by atoms with van der Waals surface area (Å²) in [6, 6.07) is 2.77. The number of carboxylic acid groups (broad SMARTS) is 1. The molecule has 0 aliphatic heterocycles. The topological polar surface area (TPSA) is 49.3 Å². The van der Waals surface area contributed by atoms with Gasteiger partial charge in [0.25, 0.3) is 0 Å². The van der Waals surface area contributed by atoms with E-state index in [-0.39, 0.29) is 12.4 Å². The average Bonchev–Trinajstić information content (AvgIpc) is 2.20. The van der Waals surface area contributed by atoms with Crippen LogP contribution in [0.3, 0.4) is 0 Å². The lowest BCUT2D eigenvalue weighted by Gasteiger charge is -2.12. The molecule has 0 amide bonds. The highest BCUT2D eigenvalue weighted by Gasteiger charge is 2.12. The number of hydrogen-bond acceptors (Lipinski definition) is 2. The molecule has 0 spiro atoms. The van der Waals surface area contributed by atoms with Crippen molar-refractivity contribution in [3.05, 3.63) is 28.5 Å². The number of carbonyl (C=O) groups is 1. The van der Waals surface area contributed by atoms with Crippen LogP contribution in [-0.4, -0.2) is 17.6 Å². The number of carboxylic acids is 1. The van der Waals surface area contributed by atoms with Crippen molar-refractivity contribution in [1.29, 1.82) is 0 Å². The van der Waals surface area contributed by atoms with E-state index in [1.54, 1.807) is 13.8 Å². The third-order valence-corrected chi connectivity index (χ3v) is 2.58. The molecule has 1 rings (SSSR count). The minimum absolute atomic E-state index is 0.206. The monoisotopic (exact) mass is 245 g/mol. The van der Waals surface area contributed by atoms with Gasteiger partial charge in [-0.05, 0) is 24.6 Å². The lowest BCUT2D eigenvalue weighted by Crippen LogP contribution is -2.19. The second-order valence-corrected chi connectivity index (χ2v) is 4.11. The van der Waals surface area contributed by atoms with Crippen molar-refractivity contribution in [2.24, 2.45) is 5.92 Å². The first-order valence-electron chi connectivity index (χ1n) is 4.84. The Morgan fingerprint density at radius 3 is 2.81 bits per heavy atom. The first-order chi connectivity index (χ1) is 7.41. The quantitative estimate of drug-likeness (QED) is 0.858. The van der Waals surface area contributed by atoms with Gasteiger partial charge in [0, 0.05) is 6.54 Å². The number of anilines is 1. The minimum Gasteiger partial charge on any atom is -0.481 e. The molecule has 1 unspecified atom stereocenters. The summed E-state index contributed by atoms with van der Waals surface area (Å²) in [6.45, 7) is 3.39. The largest absolute Gasteiger partial charge is 0.481 e. The zero-order valence-electron chi connectivity index (χ0n) is 9.05. The number of benzene rings is 1. The predicted molar refractivity (Wildman–Crippen MR) is 61.4 cm³/mol. The Hall–Kier alpha value is -1.29. The number of rotatable bonds is 4. The molecule has 0 saturated carbocycles. The molecule has 1 aromatic rings. The number of nitrogens with one attached hydrogen (secondary N) is 1. The van der Waals surface area contributed by atoms with Gasteiger partial charge in [0.05, 0.1) is 16.6 Å². The van der Waals surface area contributed by atoms with E-state index >= 15 is 0 Å². The number of hydrogen-bond donors (Lipinski definition) is 2. The standard InChI is InChI=1S/C11H13ClFNO2/c1-6-3-8(12)10(4-9(6)13)14-5-7(2)11(15)16/h3-4,7,14H,5H2,1-2H3,(H,15,16). The van der Waals surface area contributed by atoms with Crippen molar-refractivity contribution in [2.45, 2.75) is 13.8 Å². The summed E-state index contributed by atoms with van der Waals surface area (Å²) in [5, 5.41) is 11.9. The molecule has 1 aromatic carbocycles. The van der Waals surface area contributed by atoms with Gasteiger partial charge in [-0.25, -0.2) is 4.39 Å². The molecule has 0 bridgehead atoms. The Bertz CT molecular complexity index is 409. The van der Waals surface area contributed by atoms with Gasteiger partial charge in [0.2, 0.25) is 0 Å². The Balaban J connectivity index is 2.74. The van der Waals surface area contributed by atoms with Crippen LogP contribution < -0.4 is 5.32 Å². The summed E-state index contributed by atoms with van der Waals surface area (Å²) >= 11 is 5.89. The molecule has 1 atom stereocenters. The molecule has 0 saturated heterocycles. The normalized spacial score (nSPS) is 12.2. The predicted octanol–water partition coefficient (Wildman–Crippen LogP) is 2.92. The molecule has 5 heteroatoms. The second-order valence-electron chi connectivity index (χ2n) is 3.70. The maximum Gasteiger partial charge on any atom is 0.308 e. The Labute approximate surface area is 98.2 Å². The van der Waals surface area contributed by atoms with Gasteiger partial charge in [-0.2, -0.15) is 0 Å². The lowest BCUT2D eigenvalue weighted by atomic mass is 10.1. The van der Waals surface area contributed by atoms with Crippen molar-refractivity contribution in [3.63, 3.8) is 0 Å². The van der Waals surface area contributed by atoms with Crippen LogP contribution >= 0.6 is 11.6 Å². The van der Waals surface area contributed by atoms with Crippen LogP contribution in [0.1, 0.15) is 12.5 Å². The van der Waals surface area contributed by atoms with Crippen LogP contribution in [0.5, 0.6) is 0 Å². The van der Waals surface area contributed by atoms with Crippen LogP contribution in [0, 0.1) is 18.7 Å². The summed E-state index contributed by atoms with van der Waals surface area (Å²) in [5.74, 6) is -1.83. The fourth-order valence-electron chi connectivity index (χ4n) is 1.13. The van der Waals surface area contributed by atoms with Gasteiger partial charge in [-0.3, -0.25) is 4.79 Å². The van der Waals surface area contributed by atoms with Crippen LogP contribution in [0.2, 0.25) is 5.02 Å². The molecule has 3 nitrogen and oxygen atoms in total. The molecular weight excluding hydrogens is 233 g/mol. The Morgan fingerprint density at radius 2 is 2.25 bits per heavy atom. The second kappa shape index (κ2) is 5.16. The number of halogens is 2. The molecule has 88 valence electrons. The molecule has 0 heterocycles. The number of aliphatic carboxylic acids is 1. The molecule has 0 fully saturated rings. The van der Waals surface area contributed by atoms with Gasteiger partial charge in [-0.1, -0.05) is 18.5 Å². The van der Waals surface area contributed by atoms with Crippen molar-refractivity contribution in [3.8, 4) is 0 Å². The molecule has 16 heavy (non-hydrogen) atoms. The summed E-state index contributed by atoms with van der Waals surface area (Å²) in [4.78, 5) is 10.6.